The molecule has 0 aliphatic heterocycles. The van der Waals surface area contributed by atoms with E-state index in [4.69, 9.17) is 27.6 Å². The van der Waals surface area contributed by atoms with Gasteiger partial charge in [0, 0.05) is 23.9 Å². The number of halogens is 4. The first-order valence-electron chi connectivity index (χ1n) is 7.57. The fraction of sp³-hybridized carbons (Fsp3) is 0.111. The van der Waals surface area contributed by atoms with Crippen molar-refractivity contribution < 1.29 is 18.0 Å². The van der Waals surface area contributed by atoms with Gasteiger partial charge in [0.25, 0.3) is 0 Å². The molecule has 0 atom stereocenters. The van der Waals surface area contributed by atoms with Crippen LogP contribution in [-0.4, -0.2) is 10.9 Å². The Bertz CT molecular complexity index is 960. The standard InChI is InChI=1S/C18H12Cl2F2N2O2/c19-10-1-4-13(20)15(7-10)24-17(25)5-6-18-23-9-16(26-18)12-3-2-11(21)8-14(12)22/h1-4,7-9H,5-6H2,(H,24,25). The molecule has 8 heteroatoms. The van der Waals surface area contributed by atoms with Crippen LogP contribution in [-0.2, 0) is 11.2 Å². The zero-order valence-electron chi connectivity index (χ0n) is 13.2. The summed E-state index contributed by atoms with van der Waals surface area (Å²) < 4.78 is 32.2. The summed E-state index contributed by atoms with van der Waals surface area (Å²) in [5, 5.41) is 3.46. The molecular formula is C18H12Cl2F2N2O2. The zero-order chi connectivity index (χ0) is 18.7. The maximum absolute atomic E-state index is 13.8. The molecule has 134 valence electrons. The van der Waals surface area contributed by atoms with Crippen LogP contribution >= 0.6 is 23.2 Å². The van der Waals surface area contributed by atoms with Gasteiger partial charge in [-0.05, 0) is 30.3 Å². The molecule has 1 heterocycles. The Morgan fingerprint density at radius 1 is 1.15 bits per heavy atom. The van der Waals surface area contributed by atoms with E-state index in [0.29, 0.717) is 15.7 Å². The number of nitrogens with one attached hydrogen (secondary N) is 1. The molecule has 0 saturated carbocycles. The predicted molar refractivity (Wildman–Crippen MR) is 95.3 cm³/mol. The van der Waals surface area contributed by atoms with Crippen LogP contribution in [0.1, 0.15) is 12.3 Å². The lowest BCUT2D eigenvalue weighted by Gasteiger charge is -2.07. The van der Waals surface area contributed by atoms with Crippen LogP contribution in [0.2, 0.25) is 10.0 Å². The molecule has 1 amide bonds. The highest BCUT2D eigenvalue weighted by atomic mass is 35.5. The van der Waals surface area contributed by atoms with Crippen molar-refractivity contribution in [3.05, 3.63) is 70.2 Å². The van der Waals surface area contributed by atoms with Crippen molar-refractivity contribution in [1.82, 2.24) is 4.98 Å². The van der Waals surface area contributed by atoms with E-state index in [2.05, 4.69) is 10.3 Å². The number of carbonyl (C=O) groups is 1. The Morgan fingerprint density at radius 3 is 2.73 bits per heavy atom. The SMILES string of the molecule is O=C(CCc1ncc(-c2ccc(F)cc2F)o1)Nc1cc(Cl)ccc1Cl. The van der Waals surface area contributed by atoms with Gasteiger partial charge in [-0.25, -0.2) is 13.8 Å². The van der Waals surface area contributed by atoms with E-state index >= 15 is 0 Å². The molecule has 0 aliphatic carbocycles. The molecule has 1 N–H and O–H groups in total. The highest BCUT2D eigenvalue weighted by molar-refractivity contribution is 6.35. The maximum atomic E-state index is 13.8. The van der Waals surface area contributed by atoms with E-state index in [9.17, 15) is 13.6 Å². The average Bonchev–Trinajstić information content (AvgIpc) is 3.05. The first-order valence-corrected chi connectivity index (χ1v) is 8.33. The quantitative estimate of drug-likeness (QED) is 0.619. The highest BCUT2D eigenvalue weighted by Gasteiger charge is 2.13. The molecule has 3 rings (SSSR count). The Balaban J connectivity index is 1.62. The van der Waals surface area contributed by atoms with E-state index in [1.165, 1.54) is 12.3 Å². The van der Waals surface area contributed by atoms with Crippen molar-refractivity contribution in [3.8, 4) is 11.3 Å². The van der Waals surface area contributed by atoms with Crippen molar-refractivity contribution in [1.29, 1.82) is 0 Å². The third-order valence-electron chi connectivity index (χ3n) is 3.52. The number of carbonyl (C=O) groups excluding carboxylic acids is 1. The van der Waals surface area contributed by atoms with E-state index in [1.54, 1.807) is 18.2 Å². The number of oxazole rings is 1. The van der Waals surface area contributed by atoms with E-state index < -0.39 is 11.6 Å². The second-order valence-corrected chi connectivity index (χ2v) is 6.26. The highest BCUT2D eigenvalue weighted by Crippen LogP contribution is 2.26. The molecule has 0 aliphatic rings. The summed E-state index contributed by atoms with van der Waals surface area (Å²) in [6.07, 6.45) is 1.61. The van der Waals surface area contributed by atoms with Gasteiger partial charge in [-0.15, -0.1) is 0 Å². The molecule has 0 radical (unpaired) electrons. The molecule has 0 bridgehead atoms. The fourth-order valence-corrected chi connectivity index (χ4v) is 2.60. The van der Waals surface area contributed by atoms with E-state index in [0.717, 1.165) is 12.1 Å². The molecule has 0 spiro atoms. The lowest BCUT2D eigenvalue weighted by atomic mass is 10.2. The minimum atomic E-state index is -0.749. The van der Waals surface area contributed by atoms with Crippen LogP contribution in [0, 0.1) is 11.6 Å². The first kappa shape index (κ1) is 18.4. The van der Waals surface area contributed by atoms with Gasteiger partial charge >= 0.3 is 0 Å². The fourth-order valence-electron chi connectivity index (χ4n) is 2.27. The lowest BCUT2D eigenvalue weighted by Crippen LogP contribution is -2.12. The monoisotopic (exact) mass is 396 g/mol. The third-order valence-corrected chi connectivity index (χ3v) is 4.08. The van der Waals surface area contributed by atoms with Crippen LogP contribution in [0.4, 0.5) is 14.5 Å². The lowest BCUT2D eigenvalue weighted by molar-refractivity contribution is -0.116. The summed E-state index contributed by atoms with van der Waals surface area (Å²) in [6, 6.07) is 7.90. The minimum absolute atomic E-state index is 0.0781. The topological polar surface area (TPSA) is 55.1 Å². The Kier molecular flexibility index (Phi) is 5.54. The molecular weight excluding hydrogens is 385 g/mol. The molecule has 0 unspecified atom stereocenters. The number of hydrogen-bond donors (Lipinski definition) is 1. The van der Waals surface area contributed by atoms with Crippen LogP contribution in [0.25, 0.3) is 11.3 Å². The van der Waals surface area contributed by atoms with Crippen molar-refractivity contribution in [2.24, 2.45) is 0 Å². The van der Waals surface area contributed by atoms with E-state index in [1.807, 2.05) is 0 Å². The van der Waals surface area contributed by atoms with Gasteiger partial charge in [-0.2, -0.15) is 0 Å². The van der Waals surface area contributed by atoms with Crippen molar-refractivity contribution in [2.45, 2.75) is 12.8 Å². The summed E-state index contributed by atoms with van der Waals surface area (Å²) in [7, 11) is 0. The Morgan fingerprint density at radius 2 is 1.96 bits per heavy atom. The molecule has 1 aromatic heterocycles. The summed E-state index contributed by atoms with van der Waals surface area (Å²) >= 11 is 11.9. The summed E-state index contributed by atoms with van der Waals surface area (Å²) in [5.74, 6) is -1.31. The van der Waals surface area contributed by atoms with Crippen molar-refractivity contribution >= 4 is 34.8 Å². The summed E-state index contributed by atoms with van der Waals surface area (Å²) in [6.45, 7) is 0. The number of nitrogens with zero attached hydrogens (tertiary/aromatic N) is 1. The Labute approximate surface area is 157 Å². The second kappa shape index (κ2) is 7.85. The van der Waals surface area contributed by atoms with Gasteiger partial charge in [0.05, 0.1) is 22.5 Å². The van der Waals surface area contributed by atoms with Crippen LogP contribution in [0.5, 0.6) is 0 Å². The van der Waals surface area contributed by atoms with Gasteiger partial charge in [-0.3, -0.25) is 4.79 Å². The number of rotatable bonds is 5. The number of benzene rings is 2. The molecule has 26 heavy (non-hydrogen) atoms. The average molecular weight is 397 g/mol. The Hall–Kier alpha value is -2.44. The normalized spacial score (nSPS) is 10.8. The summed E-state index contributed by atoms with van der Waals surface area (Å²) in [5.41, 5.74) is 0.506. The number of anilines is 1. The molecule has 4 nitrogen and oxygen atoms in total. The number of aryl methyl sites for hydroxylation is 1. The molecule has 2 aromatic carbocycles. The van der Waals surface area contributed by atoms with E-state index in [-0.39, 0.29) is 36.0 Å². The molecule has 3 aromatic rings. The largest absolute Gasteiger partial charge is 0.441 e. The number of aromatic nitrogens is 1. The van der Waals surface area contributed by atoms with Gasteiger partial charge in [-0.1, -0.05) is 23.2 Å². The van der Waals surface area contributed by atoms with Crippen LogP contribution < -0.4 is 5.32 Å². The van der Waals surface area contributed by atoms with Gasteiger partial charge in [0.15, 0.2) is 11.7 Å². The van der Waals surface area contributed by atoms with Crippen LogP contribution in [0.15, 0.2) is 47.0 Å². The van der Waals surface area contributed by atoms with Gasteiger partial charge in [0.2, 0.25) is 5.91 Å². The zero-order valence-corrected chi connectivity index (χ0v) is 14.7. The van der Waals surface area contributed by atoms with Gasteiger partial charge in [0.1, 0.15) is 11.6 Å². The van der Waals surface area contributed by atoms with Crippen molar-refractivity contribution in [3.63, 3.8) is 0 Å². The second-order valence-electron chi connectivity index (χ2n) is 5.41. The predicted octanol–water partition coefficient (Wildman–Crippen LogP) is 5.50. The third kappa shape index (κ3) is 4.39. The molecule has 0 saturated heterocycles. The number of amides is 1. The van der Waals surface area contributed by atoms with Gasteiger partial charge < -0.3 is 9.73 Å². The smallest absolute Gasteiger partial charge is 0.224 e. The maximum Gasteiger partial charge on any atom is 0.224 e. The first-order chi connectivity index (χ1) is 12.4. The summed E-state index contributed by atoms with van der Waals surface area (Å²) in [4.78, 5) is 16.0. The van der Waals surface area contributed by atoms with Crippen LogP contribution in [0.3, 0.4) is 0 Å². The minimum Gasteiger partial charge on any atom is -0.441 e. The molecule has 0 fully saturated rings. The van der Waals surface area contributed by atoms with Crippen molar-refractivity contribution in [2.75, 3.05) is 5.32 Å². The number of hydrogen-bond acceptors (Lipinski definition) is 3.